The largest absolute Gasteiger partial charge is 0.322 e. The average Bonchev–Trinajstić information content (AvgIpc) is 2.15. The Kier molecular flexibility index (Phi) is 3.74. The molecule has 17 heavy (non-hydrogen) atoms. The second-order valence-corrected chi connectivity index (χ2v) is 5.77. The highest BCUT2D eigenvalue weighted by Gasteiger charge is 2.24. The van der Waals surface area contributed by atoms with Crippen molar-refractivity contribution in [3.05, 3.63) is 18.2 Å². The van der Waals surface area contributed by atoms with E-state index in [1.165, 1.54) is 13.1 Å². The van der Waals surface area contributed by atoms with Crippen LogP contribution in [0, 0.1) is 0 Å². The molecular formula is C7H10N2O6S2. The summed E-state index contributed by atoms with van der Waals surface area (Å²) in [7, 11) is -8.00. The van der Waals surface area contributed by atoms with E-state index in [9.17, 15) is 16.8 Å². The molecule has 1 aromatic carbocycles. The SMILES string of the molecule is CNNc1ccc(S(=O)(=O)O)c(S(=O)(=O)O)c1. The van der Waals surface area contributed by atoms with Gasteiger partial charge in [0.15, 0.2) is 0 Å². The summed E-state index contributed by atoms with van der Waals surface area (Å²) in [6, 6.07) is 2.95. The van der Waals surface area contributed by atoms with Gasteiger partial charge in [-0.15, -0.1) is 0 Å². The highest BCUT2D eigenvalue weighted by Crippen LogP contribution is 2.24. The van der Waals surface area contributed by atoms with Gasteiger partial charge in [-0.25, -0.2) is 5.43 Å². The smallest absolute Gasteiger partial charge is 0.295 e. The fraction of sp³-hybridized carbons (Fsp3) is 0.143. The van der Waals surface area contributed by atoms with Crippen molar-refractivity contribution in [1.82, 2.24) is 5.43 Å². The molecule has 0 saturated heterocycles. The van der Waals surface area contributed by atoms with E-state index in [2.05, 4.69) is 10.9 Å². The van der Waals surface area contributed by atoms with Gasteiger partial charge in [0.05, 0.1) is 5.69 Å². The van der Waals surface area contributed by atoms with Gasteiger partial charge in [0.2, 0.25) is 0 Å². The van der Waals surface area contributed by atoms with Crippen LogP contribution in [0.25, 0.3) is 0 Å². The number of hydrogen-bond acceptors (Lipinski definition) is 6. The van der Waals surface area contributed by atoms with Crippen molar-refractivity contribution in [2.75, 3.05) is 12.5 Å². The molecule has 1 aromatic rings. The maximum atomic E-state index is 11.0. The van der Waals surface area contributed by atoms with Gasteiger partial charge in [0.25, 0.3) is 20.2 Å². The summed E-state index contributed by atoms with van der Waals surface area (Å²) in [5.41, 5.74) is 5.18. The third-order valence-corrected chi connectivity index (χ3v) is 3.70. The minimum atomic E-state index is -4.76. The number of benzene rings is 1. The molecule has 0 atom stereocenters. The van der Waals surface area contributed by atoms with Crippen LogP contribution >= 0.6 is 0 Å². The van der Waals surface area contributed by atoms with Crippen molar-refractivity contribution in [2.45, 2.75) is 9.79 Å². The molecule has 0 fully saturated rings. The van der Waals surface area contributed by atoms with Crippen LogP contribution in [-0.2, 0) is 20.2 Å². The Morgan fingerprint density at radius 1 is 1.00 bits per heavy atom. The van der Waals surface area contributed by atoms with Gasteiger partial charge in [0, 0.05) is 7.05 Å². The van der Waals surface area contributed by atoms with Crippen LogP contribution in [0.1, 0.15) is 0 Å². The number of nitrogens with one attached hydrogen (secondary N) is 2. The molecule has 0 aliphatic carbocycles. The maximum absolute atomic E-state index is 11.0. The standard InChI is InChI=1S/C7H10N2O6S2/c1-8-9-5-2-3-6(16(10,11)12)7(4-5)17(13,14)15/h2-4,8-9H,1H3,(H,10,11,12)(H,13,14,15). The average molecular weight is 282 g/mol. The molecule has 0 heterocycles. The van der Waals surface area contributed by atoms with E-state index in [0.29, 0.717) is 0 Å². The lowest BCUT2D eigenvalue weighted by molar-refractivity contribution is 0.466. The van der Waals surface area contributed by atoms with Gasteiger partial charge in [-0.3, -0.25) is 9.11 Å². The van der Waals surface area contributed by atoms with Crippen LogP contribution in [0.3, 0.4) is 0 Å². The van der Waals surface area contributed by atoms with Gasteiger partial charge in [-0.1, -0.05) is 0 Å². The van der Waals surface area contributed by atoms with Crippen LogP contribution in [0.5, 0.6) is 0 Å². The Morgan fingerprint density at radius 2 is 1.53 bits per heavy atom. The zero-order valence-electron chi connectivity index (χ0n) is 8.58. The monoisotopic (exact) mass is 282 g/mol. The van der Waals surface area contributed by atoms with Crippen molar-refractivity contribution in [3.63, 3.8) is 0 Å². The normalized spacial score (nSPS) is 12.4. The van der Waals surface area contributed by atoms with Gasteiger partial charge in [-0.2, -0.15) is 16.8 Å². The Bertz CT molecular complexity index is 622. The van der Waals surface area contributed by atoms with Crippen LogP contribution in [-0.4, -0.2) is 33.0 Å². The third-order valence-electron chi connectivity index (χ3n) is 1.77. The van der Waals surface area contributed by atoms with Gasteiger partial charge >= 0.3 is 0 Å². The fourth-order valence-corrected chi connectivity index (χ4v) is 2.93. The van der Waals surface area contributed by atoms with Crippen molar-refractivity contribution in [2.24, 2.45) is 0 Å². The fourth-order valence-electron chi connectivity index (χ4n) is 1.14. The van der Waals surface area contributed by atoms with Crippen molar-refractivity contribution >= 4 is 25.9 Å². The third kappa shape index (κ3) is 3.38. The van der Waals surface area contributed by atoms with E-state index in [1.54, 1.807) is 0 Å². The van der Waals surface area contributed by atoms with Crippen LogP contribution in [0.15, 0.2) is 28.0 Å². The molecule has 0 amide bonds. The molecule has 4 N–H and O–H groups in total. The first-order valence-electron chi connectivity index (χ1n) is 4.18. The highest BCUT2D eigenvalue weighted by atomic mass is 32.2. The second-order valence-electron chi connectivity index (χ2n) is 2.99. The predicted molar refractivity (Wildman–Crippen MR) is 58.8 cm³/mol. The van der Waals surface area contributed by atoms with E-state index in [-0.39, 0.29) is 5.69 Å². The molecule has 0 aliphatic rings. The Morgan fingerprint density at radius 3 is 1.94 bits per heavy atom. The molecule has 0 bridgehead atoms. The number of anilines is 1. The minimum absolute atomic E-state index is 0.201. The number of hydrogen-bond donors (Lipinski definition) is 4. The highest BCUT2D eigenvalue weighted by molar-refractivity contribution is 7.89. The molecule has 10 heteroatoms. The predicted octanol–water partition coefficient (Wildman–Crippen LogP) is -0.274. The van der Waals surface area contributed by atoms with E-state index >= 15 is 0 Å². The topological polar surface area (TPSA) is 133 Å². The lowest BCUT2D eigenvalue weighted by Gasteiger charge is -2.08. The molecule has 1 rings (SSSR count). The van der Waals surface area contributed by atoms with Crippen molar-refractivity contribution in [3.8, 4) is 0 Å². The van der Waals surface area contributed by atoms with E-state index in [4.69, 9.17) is 9.11 Å². The zero-order chi connectivity index (χ0) is 13.3. The van der Waals surface area contributed by atoms with E-state index in [0.717, 1.165) is 12.1 Å². The summed E-state index contributed by atoms with van der Waals surface area (Å²) in [6.45, 7) is 0. The lowest BCUT2D eigenvalue weighted by atomic mass is 10.3. The summed E-state index contributed by atoms with van der Waals surface area (Å²) < 4.78 is 61.5. The van der Waals surface area contributed by atoms with Crippen molar-refractivity contribution < 1.29 is 25.9 Å². The van der Waals surface area contributed by atoms with Crippen LogP contribution in [0.4, 0.5) is 5.69 Å². The number of hydrazine groups is 1. The van der Waals surface area contributed by atoms with Gasteiger partial charge in [-0.05, 0) is 18.2 Å². The molecule has 0 radical (unpaired) electrons. The Balaban J connectivity index is 3.55. The Labute approximate surface area is 98.1 Å². The van der Waals surface area contributed by atoms with Gasteiger partial charge < -0.3 is 5.43 Å². The summed E-state index contributed by atoms with van der Waals surface area (Å²) in [5.74, 6) is 0. The van der Waals surface area contributed by atoms with E-state index < -0.39 is 30.0 Å². The molecule has 96 valence electrons. The quantitative estimate of drug-likeness (QED) is 0.438. The first kappa shape index (κ1) is 13.9. The van der Waals surface area contributed by atoms with Crippen LogP contribution in [0.2, 0.25) is 0 Å². The van der Waals surface area contributed by atoms with Crippen LogP contribution < -0.4 is 10.9 Å². The maximum Gasteiger partial charge on any atom is 0.295 e. The summed E-state index contributed by atoms with van der Waals surface area (Å²) in [4.78, 5) is -1.79. The van der Waals surface area contributed by atoms with E-state index in [1.807, 2.05) is 0 Å². The van der Waals surface area contributed by atoms with Crippen molar-refractivity contribution in [1.29, 1.82) is 0 Å². The lowest BCUT2D eigenvalue weighted by Crippen LogP contribution is -2.16. The van der Waals surface area contributed by atoms with Gasteiger partial charge in [0.1, 0.15) is 9.79 Å². The number of rotatable bonds is 4. The summed E-state index contributed by atoms with van der Waals surface area (Å²) >= 11 is 0. The Hall–Kier alpha value is -1.20. The molecule has 0 saturated carbocycles. The first-order chi connectivity index (χ1) is 7.66. The summed E-state index contributed by atoms with van der Waals surface area (Å²) in [6.07, 6.45) is 0. The molecule has 0 spiro atoms. The molecule has 8 nitrogen and oxygen atoms in total. The molecule has 0 unspecified atom stereocenters. The minimum Gasteiger partial charge on any atom is -0.322 e. The summed E-state index contributed by atoms with van der Waals surface area (Å²) in [5, 5.41) is 0. The molecule has 0 aromatic heterocycles. The first-order valence-corrected chi connectivity index (χ1v) is 7.06. The molecule has 0 aliphatic heterocycles. The second kappa shape index (κ2) is 4.58. The zero-order valence-corrected chi connectivity index (χ0v) is 10.2. The molecular weight excluding hydrogens is 272 g/mol.